The summed E-state index contributed by atoms with van der Waals surface area (Å²) < 4.78 is 0.914. The van der Waals surface area contributed by atoms with Crippen molar-refractivity contribution in [2.45, 2.75) is 0 Å². The lowest BCUT2D eigenvalue weighted by molar-refractivity contribution is -0.136. The Hall–Kier alpha value is -1.43. The van der Waals surface area contributed by atoms with Gasteiger partial charge in [-0.1, -0.05) is 6.07 Å². The highest BCUT2D eigenvalue weighted by Gasteiger charge is 2.16. The lowest BCUT2D eigenvalue weighted by Gasteiger charge is -2.10. The highest BCUT2D eigenvalue weighted by molar-refractivity contribution is 9.07. The number of pyridine rings is 1. The van der Waals surface area contributed by atoms with Crippen LogP contribution in [0.4, 0.5) is 0 Å². The Kier molecular flexibility index (Phi) is 3.58. The molecule has 0 spiro atoms. The third-order valence-corrected chi connectivity index (χ3v) is 1.95. The number of rotatable bonds is 3. The SMILES string of the molecule is O=C(O)CN(Br)C(=O)c1ccccn1. The van der Waals surface area contributed by atoms with Crippen molar-refractivity contribution in [1.29, 1.82) is 0 Å². The fraction of sp³-hybridized carbons (Fsp3) is 0.125. The number of carbonyl (C=O) groups excluding carboxylic acids is 1. The van der Waals surface area contributed by atoms with Crippen molar-refractivity contribution in [3.63, 3.8) is 0 Å². The summed E-state index contributed by atoms with van der Waals surface area (Å²) in [5, 5.41) is 8.44. The minimum atomic E-state index is -1.09. The molecule has 5 nitrogen and oxygen atoms in total. The Labute approximate surface area is 88.7 Å². The first-order chi connectivity index (χ1) is 6.61. The smallest absolute Gasteiger partial charge is 0.324 e. The predicted octanol–water partition coefficient (Wildman–Crippen LogP) is 0.918. The Morgan fingerprint density at radius 3 is 2.71 bits per heavy atom. The van der Waals surface area contributed by atoms with Gasteiger partial charge in [-0.15, -0.1) is 0 Å². The van der Waals surface area contributed by atoms with E-state index in [1.165, 1.54) is 12.3 Å². The first kappa shape index (κ1) is 10.6. The first-order valence-electron chi connectivity index (χ1n) is 3.71. The van der Waals surface area contributed by atoms with Gasteiger partial charge in [-0.25, -0.2) is 0 Å². The van der Waals surface area contributed by atoms with Gasteiger partial charge < -0.3 is 5.11 Å². The molecule has 0 aliphatic rings. The zero-order valence-electron chi connectivity index (χ0n) is 7.05. The van der Waals surface area contributed by atoms with Gasteiger partial charge in [-0.3, -0.25) is 18.5 Å². The van der Waals surface area contributed by atoms with Gasteiger partial charge in [-0.05, 0) is 12.1 Å². The summed E-state index contributed by atoms with van der Waals surface area (Å²) in [5.74, 6) is -1.57. The van der Waals surface area contributed by atoms with E-state index in [1.807, 2.05) is 0 Å². The van der Waals surface area contributed by atoms with Crippen molar-refractivity contribution in [2.75, 3.05) is 6.54 Å². The summed E-state index contributed by atoms with van der Waals surface area (Å²) in [4.78, 5) is 25.5. The van der Waals surface area contributed by atoms with Crippen LogP contribution in [0.15, 0.2) is 24.4 Å². The predicted molar refractivity (Wildman–Crippen MR) is 51.8 cm³/mol. The molecule has 1 rings (SSSR count). The summed E-state index contributed by atoms with van der Waals surface area (Å²) in [7, 11) is 0. The highest BCUT2D eigenvalue weighted by Crippen LogP contribution is 2.05. The monoisotopic (exact) mass is 258 g/mol. The maximum atomic E-state index is 11.4. The molecule has 74 valence electrons. The molecule has 1 aromatic heterocycles. The number of aromatic nitrogens is 1. The van der Waals surface area contributed by atoms with Crippen molar-refractivity contribution in [1.82, 2.24) is 8.91 Å². The molecular formula is C8H7BrN2O3. The summed E-state index contributed by atoms with van der Waals surface area (Å²) in [6, 6.07) is 4.84. The van der Waals surface area contributed by atoms with Gasteiger partial charge in [0.15, 0.2) is 0 Å². The molecule has 0 bridgehead atoms. The summed E-state index contributed by atoms with van der Waals surface area (Å²) >= 11 is 2.84. The average molecular weight is 259 g/mol. The van der Waals surface area contributed by atoms with Crippen LogP contribution in [0.2, 0.25) is 0 Å². The van der Waals surface area contributed by atoms with E-state index in [0.717, 1.165) is 3.93 Å². The molecule has 0 fully saturated rings. The van der Waals surface area contributed by atoms with Crippen LogP contribution >= 0.6 is 16.1 Å². The molecule has 0 atom stereocenters. The molecule has 0 aliphatic heterocycles. The van der Waals surface area contributed by atoms with Crippen LogP contribution in [-0.4, -0.2) is 32.4 Å². The number of aliphatic carboxylic acids is 1. The van der Waals surface area contributed by atoms with E-state index in [0.29, 0.717) is 0 Å². The number of carboxylic acids is 1. The van der Waals surface area contributed by atoms with E-state index in [2.05, 4.69) is 21.1 Å². The van der Waals surface area contributed by atoms with Gasteiger partial charge in [0.25, 0.3) is 5.91 Å². The van der Waals surface area contributed by atoms with Gasteiger partial charge in [-0.2, -0.15) is 0 Å². The first-order valence-corrected chi connectivity index (χ1v) is 4.42. The van der Waals surface area contributed by atoms with Crippen LogP contribution in [-0.2, 0) is 4.79 Å². The topological polar surface area (TPSA) is 70.5 Å². The number of hydrogen-bond acceptors (Lipinski definition) is 3. The van der Waals surface area contributed by atoms with Crippen molar-refractivity contribution in [2.24, 2.45) is 0 Å². The Bertz CT molecular complexity index is 342. The van der Waals surface area contributed by atoms with Gasteiger partial charge >= 0.3 is 5.97 Å². The normalized spacial score (nSPS) is 9.50. The molecule has 1 N–H and O–H groups in total. The molecular weight excluding hydrogens is 252 g/mol. The second-order valence-electron chi connectivity index (χ2n) is 2.43. The van der Waals surface area contributed by atoms with Gasteiger partial charge in [0.1, 0.15) is 12.2 Å². The summed E-state index contributed by atoms with van der Waals surface area (Å²) in [6.07, 6.45) is 1.47. The summed E-state index contributed by atoms with van der Waals surface area (Å²) in [5.41, 5.74) is 0.200. The van der Waals surface area contributed by atoms with E-state index < -0.39 is 18.4 Å². The minimum absolute atomic E-state index is 0.200. The second kappa shape index (κ2) is 4.71. The largest absolute Gasteiger partial charge is 0.480 e. The van der Waals surface area contributed by atoms with Crippen molar-refractivity contribution in [3.05, 3.63) is 30.1 Å². The molecule has 0 radical (unpaired) electrons. The third kappa shape index (κ3) is 2.81. The summed E-state index contributed by atoms with van der Waals surface area (Å²) in [6.45, 7) is -0.407. The number of hydrogen-bond donors (Lipinski definition) is 1. The number of nitrogens with zero attached hydrogens (tertiary/aromatic N) is 2. The fourth-order valence-electron chi connectivity index (χ4n) is 0.804. The molecule has 0 saturated carbocycles. The Balaban J connectivity index is 2.71. The zero-order chi connectivity index (χ0) is 10.6. The maximum Gasteiger partial charge on any atom is 0.324 e. The van der Waals surface area contributed by atoms with Crippen LogP contribution in [0.1, 0.15) is 10.5 Å². The van der Waals surface area contributed by atoms with Crippen LogP contribution in [0, 0.1) is 0 Å². The highest BCUT2D eigenvalue weighted by atomic mass is 79.9. The van der Waals surface area contributed by atoms with Crippen molar-refractivity contribution >= 4 is 28.0 Å². The van der Waals surface area contributed by atoms with E-state index >= 15 is 0 Å². The van der Waals surface area contributed by atoms with Crippen molar-refractivity contribution < 1.29 is 14.7 Å². The fourth-order valence-corrected chi connectivity index (χ4v) is 1.20. The molecule has 14 heavy (non-hydrogen) atoms. The van der Waals surface area contributed by atoms with Gasteiger partial charge in [0.2, 0.25) is 0 Å². The van der Waals surface area contributed by atoms with E-state index in [-0.39, 0.29) is 5.69 Å². The quantitative estimate of drug-likeness (QED) is 0.819. The standard InChI is InChI=1S/C8H7BrN2O3/c9-11(5-7(12)13)8(14)6-3-1-2-4-10-6/h1-4H,5H2,(H,12,13). The molecule has 0 aliphatic carbocycles. The van der Waals surface area contributed by atoms with Gasteiger partial charge in [0, 0.05) is 6.20 Å². The van der Waals surface area contributed by atoms with Crippen molar-refractivity contribution in [3.8, 4) is 0 Å². The van der Waals surface area contributed by atoms with Crippen LogP contribution in [0.25, 0.3) is 0 Å². The number of carbonyl (C=O) groups is 2. The molecule has 0 saturated heterocycles. The van der Waals surface area contributed by atoms with Crippen LogP contribution in [0.3, 0.4) is 0 Å². The zero-order valence-corrected chi connectivity index (χ0v) is 8.64. The Morgan fingerprint density at radius 2 is 2.21 bits per heavy atom. The Morgan fingerprint density at radius 1 is 1.50 bits per heavy atom. The van der Waals surface area contributed by atoms with E-state index in [4.69, 9.17) is 5.11 Å². The minimum Gasteiger partial charge on any atom is -0.480 e. The van der Waals surface area contributed by atoms with Gasteiger partial charge in [0.05, 0.1) is 16.1 Å². The third-order valence-electron chi connectivity index (χ3n) is 1.38. The van der Waals surface area contributed by atoms with Crippen LogP contribution in [0.5, 0.6) is 0 Å². The molecule has 6 heteroatoms. The van der Waals surface area contributed by atoms with E-state index in [1.54, 1.807) is 12.1 Å². The molecule has 1 aromatic rings. The maximum absolute atomic E-state index is 11.4. The van der Waals surface area contributed by atoms with Crippen LogP contribution < -0.4 is 0 Å². The molecule has 0 unspecified atom stereocenters. The number of amides is 1. The average Bonchev–Trinajstić information content (AvgIpc) is 2.17. The van der Waals surface area contributed by atoms with E-state index in [9.17, 15) is 9.59 Å². The lowest BCUT2D eigenvalue weighted by atomic mass is 10.3. The number of halogens is 1. The molecule has 1 heterocycles. The number of carboxylic acid groups (broad SMARTS) is 1. The lowest BCUT2D eigenvalue weighted by Crippen LogP contribution is -2.27. The second-order valence-corrected chi connectivity index (χ2v) is 3.29. The molecule has 1 amide bonds. The molecule has 0 aromatic carbocycles.